The molecule has 1 unspecified atom stereocenters. The van der Waals surface area contributed by atoms with Crippen LogP contribution in [0.2, 0.25) is 0 Å². The first-order valence-corrected chi connectivity index (χ1v) is 6.38. The lowest BCUT2D eigenvalue weighted by molar-refractivity contribution is 0.208. The highest BCUT2D eigenvalue weighted by molar-refractivity contribution is 4.84. The van der Waals surface area contributed by atoms with E-state index in [-0.39, 0.29) is 0 Å². The summed E-state index contributed by atoms with van der Waals surface area (Å²) in [5, 5.41) is 3.60. The molecular formula is C12H25N3. The van der Waals surface area contributed by atoms with Crippen molar-refractivity contribution in [3.05, 3.63) is 0 Å². The Bertz CT molecular complexity index is 189. The molecule has 1 saturated carbocycles. The van der Waals surface area contributed by atoms with Crippen LogP contribution in [0.15, 0.2) is 0 Å². The Balaban J connectivity index is 1.64. The van der Waals surface area contributed by atoms with Crippen LogP contribution in [0, 0.1) is 0 Å². The smallest absolute Gasteiger partial charge is 0.0223 e. The van der Waals surface area contributed by atoms with E-state index in [4.69, 9.17) is 0 Å². The first-order valence-electron chi connectivity index (χ1n) is 6.38. The van der Waals surface area contributed by atoms with Crippen molar-refractivity contribution in [1.29, 1.82) is 0 Å². The van der Waals surface area contributed by atoms with Gasteiger partial charge in [-0.3, -0.25) is 4.90 Å². The lowest BCUT2D eigenvalue weighted by Gasteiger charge is -2.27. The molecule has 88 valence electrons. The van der Waals surface area contributed by atoms with E-state index < -0.39 is 0 Å². The molecule has 0 spiro atoms. The topological polar surface area (TPSA) is 18.5 Å². The van der Waals surface area contributed by atoms with Crippen LogP contribution in [0.3, 0.4) is 0 Å². The average molecular weight is 211 g/mol. The normalized spacial score (nSPS) is 27.8. The maximum absolute atomic E-state index is 3.60. The summed E-state index contributed by atoms with van der Waals surface area (Å²) in [6, 6.07) is 1.67. The summed E-state index contributed by atoms with van der Waals surface area (Å²) in [7, 11) is 4.36. The molecule has 1 atom stereocenters. The summed E-state index contributed by atoms with van der Waals surface area (Å²) in [6.07, 6.45) is 5.59. The molecule has 2 aliphatic rings. The SMILES string of the molecule is CN(C)CC1CCCN1CCNC1CC1. The molecule has 0 aromatic rings. The van der Waals surface area contributed by atoms with Crippen LogP contribution in [0.25, 0.3) is 0 Å². The molecule has 2 fully saturated rings. The van der Waals surface area contributed by atoms with Crippen LogP contribution >= 0.6 is 0 Å². The Morgan fingerprint density at radius 3 is 2.73 bits per heavy atom. The van der Waals surface area contributed by atoms with Crippen molar-refractivity contribution in [1.82, 2.24) is 15.1 Å². The van der Waals surface area contributed by atoms with E-state index in [1.54, 1.807) is 0 Å². The van der Waals surface area contributed by atoms with Crippen LogP contribution in [-0.4, -0.2) is 62.2 Å². The minimum absolute atomic E-state index is 0.806. The predicted molar refractivity (Wildman–Crippen MR) is 64.2 cm³/mol. The van der Waals surface area contributed by atoms with Crippen molar-refractivity contribution in [2.24, 2.45) is 0 Å². The Morgan fingerprint density at radius 2 is 2.07 bits per heavy atom. The molecule has 1 aliphatic heterocycles. The van der Waals surface area contributed by atoms with Gasteiger partial charge in [-0.25, -0.2) is 0 Å². The third kappa shape index (κ3) is 3.74. The molecule has 0 radical (unpaired) electrons. The van der Waals surface area contributed by atoms with Gasteiger partial charge >= 0.3 is 0 Å². The Hall–Kier alpha value is -0.120. The molecule has 3 heteroatoms. The van der Waals surface area contributed by atoms with Crippen molar-refractivity contribution in [3.63, 3.8) is 0 Å². The van der Waals surface area contributed by atoms with Gasteiger partial charge in [0.15, 0.2) is 0 Å². The highest BCUT2D eigenvalue weighted by atomic mass is 15.2. The van der Waals surface area contributed by atoms with E-state index in [0.29, 0.717) is 0 Å². The van der Waals surface area contributed by atoms with Gasteiger partial charge in [-0.05, 0) is 46.3 Å². The van der Waals surface area contributed by atoms with Gasteiger partial charge in [-0.15, -0.1) is 0 Å². The molecule has 1 N–H and O–H groups in total. The van der Waals surface area contributed by atoms with Gasteiger partial charge in [-0.1, -0.05) is 0 Å². The van der Waals surface area contributed by atoms with Crippen molar-refractivity contribution < 1.29 is 0 Å². The highest BCUT2D eigenvalue weighted by Gasteiger charge is 2.25. The number of likely N-dealkylation sites (tertiary alicyclic amines) is 1. The third-order valence-electron chi connectivity index (χ3n) is 3.48. The second-order valence-corrected chi connectivity index (χ2v) is 5.32. The third-order valence-corrected chi connectivity index (χ3v) is 3.48. The Labute approximate surface area is 93.8 Å². The lowest BCUT2D eigenvalue weighted by Crippen LogP contribution is -2.41. The van der Waals surface area contributed by atoms with E-state index in [9.17, 15) is 0 Å². The van der Waals surface area contributed by atoms with Gasteiger partial charge in [-0.2, -0.15) is 0 Å². The summed E-state index contributed by atoms with van der Waals surface area (Å²) in [4.78, 5) is 4.98. The molecule has 1 saturated heterocycles. The number of nitrogens with one attached hydrogen (secondary N) is 1. The number of rotatable bonds is 6. The zero-order valence-electron chi connectivity index (χ0n) is 10.2. The maximum atomic E-state index is 3.60. The number of likely N-dealkylation sites (N-methyl/N-ethyl adjacent to an activating group) is 1. The zero-order chi connectivity index (χ0) is 10.7. The molecule has 1 aliphatic carbocycles. The molecule has 0 aromatic carbocycles. The van der Waals surface area contributed by atoms with Crippen molar-refractivity contribution >= 4 is 0 Å². The van der Waals surface area contributed by atoms with Gasteiger partial charge in [0.25, 0.3) is 0 Å². The molecule has 2 rings (SSSR count). The summed E-state index contributed by atoms with van der Waals surface area (Å²) in [6.45, 7) is 4.97. The van der Waals surface area contributed by atoms with Gasteiger partial charge in [0.05, 0.1) is 0 Å². The first-order chi connectivity index (χ1) is 7.25. The summed E-state index contributed by atoms with van der Waals surface area (Å²) in [5.41, 5.74) is 0. The van der Waals surface area contributed by atoms with Crippen LogP contribution in [0.4, 0.5) is 0 Å². The second kappa shape index (κ2) is 5.28. The molecule has 15 heavy (non-hydrogen) atoms. The molecule has 0 amide bonds. The Kier molecular flexibility index (Phi) is 4.00. The van der Waals surface area contributed by atoms with Gasteiger partial charge in [0.1, 0.15) is 0 Å². The number of hydrogen-bond donors (Lipinski definition) is 1. The molecule has 0 aromatic heterocycles. The minimum atomic E-state index is 0.806. The van der Waals surface area contributed by atoms with Gasteiger partial charge in [0, 0.05) is 31.7 Å². The van der Waals surface area contributed by atoms with E-state index in [1.807, 2.05) is 0 Å². The molecule has 1 heterocycles. The molecule has 3 nitrogen and oxygen atoms in total. The quantitative estimate of drug-likeness (QED) is 0.700. The van der Waals surface area contributed by atoms with E-state index in [2.05, 4.69) is 29.2 Å². The fourth-order valence-electron chi connectivity index (χ4n) is 2.52. The van der Waals surface area contributed by atoms with Crippen LogP contribution in [-0.2, 0) is 0 Å². The van der Waals surface area contributed by atoms with Gasteiger partial charge < -0.3 is 10.2 Å². The fourth-order valence-corrected chi connectivity index (χ4v) is 2.52. The lowest BCUT2D eigenvalue weighted by atomic mass is 10.2. The minimum Gasteiger partial charge on any atom is -0.313 e. The van der Waals surface area contributed by atoms with E-state index in [0.717, 1.165) is 12.1 Å². The Morgan fingerprint density at radius 1 is 1.27 bits per heavy atom. The highest BCUT2D eigenvalue weighted by Crippen LogP contribution is 2.19. The second-order valence-electron chi connectivity index (χ2n) is 5.32. The maximum Gasteiger partial charge on any atom is 0.0223 e. The van der Waals surface area contributed by atoms with Crippen molar-refractivity contribution in [2.75, 3.05) is 40.3 Å². The van der Waals surface area contributed by atoms with Crippen LogP contribution in [0.1, 0.15) is 25.7 Å². The summed E-state index contributed by atoms with van der Waals surface area (Å²) in [5.74, 6) is 0. The van der Waals surface area contributed by atoms with Crippen LogP contribution in [0.5, 0.6) is 0 Å². The van der Waals surface area contributed by atoms with Crippen LogP contribution < -0.4 is 5.32 Å². The average Bonchev–Trinajstić information content (AvgIpc) is 2.89. The summed E-state index contributed by atoms with van der Waals surface area (Å²) < 4.78 is 0. The zero-order valence-corrected chi connectivity index (χ0v) is 10.2. The largest absolute Gasteiger partial charge is 0.313 e. The summed E-state index contributed by atoms with van der Waals surface area (Å²) >= 11 is 0. The first kappa shape index (κ1) is 11.4. The molecule has 0 bridgehead atoms. The molecular weight excluding hydrogens is 186 g/mol. The van der Waals surface area contributed by atoms with E-state index in [1.165, 1.54) is 51.9 Å². The fraction of sp³-hybridized carbons (Fsp3) is 1.00. The van der Waals surface area contributed by atoms with Crippen molar-refractivity contribution in [2.45, 2.75) is 37.8 Å². The van der Waals surface area contributed by atoms with E-state index >= 15 is 0 Å². The van der Waals surface area contributed by atoms with Crippen molar-refractivity contribution in [3.8, 4) is 0 Å². The predicted octanol–water partition coefficient (Wildman–Crippen LogP) is 0.764. The standard InChI is InChI=1S/C12H25N3/c1-14(2)10-12-4-3-8-15(12)9-7-13-11-5-6-11/h11-13H,3-10H2,1-2H3. The monoisotopic (exact) mass is 211 g/mol. The van der Waals surface area contributed by atoms with Gasteiger partial charge in [0.2, 0.25) is 0 Å². The number of hydrogen-bond acceptors (Lipinski definition) is 3. The number of nitrogens with zero attached hydrogens (tertiary/aromatic N) is 2.